The summed E-state index contributed by atoms with van der Waals surface area (Å²) >= 11 is 0. The first-order chi connectivity index (χ1) is 7.21. The molecule has 7 heteroatoms. The molecule has 0 saturated carbocycles. The lowest BCUT2D eigenvalue weighted by molar-refractivity contribution is -0.134. The maximum atomic E-state index is 13.5. The van der Waals surface area contributed by atoms with Gasteiger partial charge in [-0.15, -0.1) is 0 Å². The number of nitrogens with zero attached hydrogens (tertiary/aromatic N) is 1. The molecule has 2 aliphatic rings. The van der Waals surface area contributed by atoms with Crippen LogP contribution in [0.4, 0.5) is 8.78 Å². The van der Waals surface area contributed by atoms with Crippen molar-refractivity contribution in [2.45, 2.75) is 25.0 Å². The second-order valence-electron chi connectivity index (χ2n) is 4.95. The second kappa shape index (κ2) is 3.36. The average molecular weight is 254 g/mol. The monoisotopic (exact) mass is 254 g/mol. The summed E-state index contributed by atoms with van der Waals surface area (Å²) in [6.07, 6.45) is 0. The van der Waals surface area contributed by atoms with Crippen molar-refractivity contribution >= 4 is 10.0 Å². The van der Waals surface area contributed by atoms with Gasteiger partial charge in [0.2, 0.25) is 10.0 Å². The van der Waals surface area contributed by atoms with E-state index in [2.05, 4.69) is 5.32 Å². The Bertz CT molecular complexity index is 388. The summed E-state index contributed by atoms with van der Waals surface area (Å²) in [7, 11) is -3.38. The summed E-state index contributed by atoms with van der Waals surface area (Å²) in [5, 5.41) is 2.09. The highest BCUT2D eigenvalue weighted by Crippen LogP contribution is 2.48. The molecule has 2 rings (SSSR count). The van der Waals surface area contributed by atoms with Crippen LogP contribution >= 0.6 is 0 Å². The average Bonchev–Trinajstić information content (AvgIpc) is 2.37. The van der Waals surface area contributed by atoms with Crippen molar-refractivity contribution in [2.24, 2.45) is 5.41 Å². The Kier molecular flexibility index (Phi) is 2.56. The van der Waals surface area contributed by atoms with Gasteiger partial charge < -0.3 is 5.32 Å². The Hall–Kier alpha value is -0.270. The van der Waals surface area contributed by atoms with Crippen LogP contribution in [0.5, 0.6) is 0 Å². The van der Waals surface area contributed by atoms with Crippen molar-refractivity contribution in [3.63, 3.8) is 0 Å². The van der Waals surface area contributed by atoms with Crippen molar-refractivity contribution in [1.82, 2.24) is 9.62 Å². The zero-order valence-electron chi connectivity index (χ0n) is 9.33. The molecule has 2 saturated heterocycles. The maximum Gasteiger partial charge on any atom is 0.269 e. The van der Waals surface area contributed by atoms with Gasteiger partial charge in [-0.25, -0.2) is 17.2 Å². The van der Waals surface area contributed by atoms with E-state index in [0.717, 1.165) is 0 Å². The van der Waals surface area contributed by atoms with Crippen LogP contribution < -0.4 is 5.32 Å². The number of rotatable bonds is 2. The van der Waals surface area contributed by atoms with Gasteiger partial charge in [0.15, 0.2) is 0 Å². The van der Waals surface area contributed by atoms with Crippen LogP contribution in [0.1, 0.15) is 13.8 Å². The Labute approximate surface area is 94.0 Å². The first-order valence-corrected chi connectivity index (χ1v) is 6.79. The number of alkyl halides is 2. The van der Waals surface area contributed by atoms with Crippen molar-refractivity contribution in [3.05, 3.63) is 0 Å². The van der Waals surface area contributed by atoms with Crippen LogP contribution in [-0.2, 0) is 10.0 Å². The molecule has 0 amide bonds. The Balaban J connectivity index is 2.11. The smallest absolute Gasteiger partial charge is 0.269 e. The van der Waals surface area contributed by atoms with Crippen molar-refractivity contribution in [2.75, 3.05) is 26.2 Å². The SMILES string of the molecule is CC(C)S(=O)(=O)N1CC2(CNCC2(F)F)C1. The lowest BCUT2D eigenvalue weighted by atomic mass is 9.78. The van der Waals surface area contributed by atoms with E-state index >= 15 is 0 Å². The topological polar surface area (TPSA) is 49.4 Å². The van der Waals surface area contributed by atoms with E-state index in [1.54, 1.807) is 13.8 Å². The van der Waals surface area contributed by atoms with Crippen molar-refractivity contribution < 1.29 is 17.2 Å². The van der Waals surface area contributed by atoms with Gasteiger partial charge in [0.05, 0.1) is 17.2 Å². The molecule has 0 aromatic carbocycles. The number of hydrogen-bond acceptors (Lipinski definition) is 3. The van der Waals surface area contributed by atoms with Gasteiger partial charge >= 0.3 is 0 Å². The van der Waals surface area contributed by atoms with Gasteiger partial charge in [-0.2, -0.15) is 4.31 Å². The molecular weight excluding hydrogens is 238 g/mol. The van der Waals surface area contributed by atoms with Crippen LogP contribution in [0.2, 0.25) is 0 Å². The quantitative estimate of drug-likeness (QED) is 0.769. The molecule has 0 radical (unpaired) electrons. The highest BCUT2D eigenvalue weighted by atomic mass is 32.2. The van der Waals surface area contributed by atoms with E-state index in [9.17, 15) is 17.2 Å². The predicted molar refractivity (Wildman–Crippen MR) is 55.9 cm³/mol. The van der Waals surface area contributed by atoms with Crippen molar-refractivity contribution in [1.29, 1.82) is 0 Å². The number of sulfonamides is 1. The molecule has 1 N–H and O–H groups in total. The molecule has 4 nitrogen and oxygen atoms in total. The third kappa shape index (κ3) is 1.48. The van der Waals surface area contributed by atoms with Crippen LogP contribution in [0, 0.1) is 5.41 Å². The highest BCUT2D eigenvalue weighted by molar-refractivity contribution is 7.89. The summed E-state index contributed by atoms with van der Waals surface area (Å²) in [5.41, 5.74) is -1.17. The van der Waals surface area contributed by atoms with Gasteiger partial charge in [-0.1, -0.05) is 0 Å². The van der Waals surface area contributed by atoms with Gasteiger partial charge in [0.1, 0.15) is 0 Å². The molecule has 2 fully saturated rings. The van der Waals surface area contributed by atoms with Crippen LogP contribution in [0.3, 0.4) is 0 Å². The molecule has 0 aliphatic carbocycles. The molecule has 0 aromatic heterocycles. The van der Waals surface area contributed by atoms with E-state index in [-0.39, 0.29) is 26.2 Å². The number of nitrogens with one attached hydrogen (secondary N) is 1. The minimum Gasteiger partial charge on any atom is -0.310 e. The van der Waals surface area contributed by atoms with Gasteiger partial charge in [-0.05, 0) is 13.8 Å². The molecule has 0 aromatic rings. The zero-order valence-corrected chi connectivity index (χ0v) is 10.2. The third-order valence-corrected chi connectivity index (χ3v) is 5.67. The fourth-order valence-electron chi connectivity index (χ4n) is 2.23. The second-order valence-corrected chi connectivity index (χ2v) is 7.44. The highest BCUT2D eigenvalue weighted by Gasteiger charge is 2.65. The molecular formula is C9H16F2N2O2S. The van der Waals surface area contributed by atoms with E-state index in [1.165, 1.54) is 4.31 Å². The molecule has 94 valence electrons. The predicted octanol–water partition coefficient (Wildman–Crippen LogP) is 0.265. The van der Waals surface area contributed by atoms with E-state index < -0.39 is 26.6 Å². The van der Waals surface area contributed by atoms with Crippen LogP contribution in [0.25, 0.3) is 0 Å². The summed E-state index contributed by atoms with van der Waals surface area (Å²) in [5.74, 6) is -2.80. The maximum absolute atomic E-state index is 13.5. The minimum atomic E-state index is -3.38. The zero-order chi connectivity index (χ0) is 12.2. The largest absolute Gasteiger partial charge is 0.310 e. The van der Waals surface area contributed by atoms with Crippen LogP contribution in [0.15, 0.2) is 0 Å². The van der Waals surface area contributed by atoms with Crippen molar-refractivity contribution in [3.8, 4) is 0 Å². The van der Waals surface area contributed by atoms with Gasteiger partial charge in [0.25, 0.3) is 5.92 Å². The summed E-state index contributed by atoms with van der Waals surface area (Å²) in [4.78, 5) is 0. The molecule has 0 atom stereocenters. The molecule has 1 spiro atoms. The number of halogens is 2. The lowest BCUT2D eigenvalue weighted by Gasteiger charge is -2.49. The fourth-order valence-corrected chi connectivity index (χ4v) is 3.68. The Morgan fingerprint density at radius 1 is 1.25 bits per heavy atom. The van der Waals surface area contributed by atoms with Gasteiger partial charge in [-0.3, -0.25) is 0 Å². The molecule has 0 bridgehead atoms. The number of hydrogen-bond donors (Lipinski definition) is 1. The van der Waals surface area contributed by atoms with E-state index in [1.807, 2.05) is 0 Å². The molecule has 16 heavy (non-hydrogen) atoms. The third-order valence-electron chi connectivity index (χ3n) is 3.50. The van der Waals surface area contributed by atoms with Crippen LogP contribution in [-0.4, -0.2) is 50.1 Å². The lowest BCUT2D eigenvalue weighted by Crippen LogP contribution is -2.66. The van der Waals surface area contributed by atoms with E-state index in [4.69, 9.17) is 0 Å². The standard InChI is InChI=1S/C9H16F2N2O2S/c1-7(2)16(14,15)13-5-8(6-13)3-12-4-9(8,10)11/h7,12H,3-6H2,1-2H3. The fraction of sp³-hybridized carbons (Fsp3) is 1.00. The first-order valence-electron chi connectivity index (χ1n) is 5.29. The van der Waals surface area contributed by atoms with E-state index in [0.29, 0.717) is 0 Å². The van der Waals surface area contributed by atoms with Gasteiger partial charge in [0, 0.05) is 19.6 Å². The minimum absolute atomic E-state index is 0.0620. The summed E-state index contributed by atoms with van der Waals surface area (Å²) in [6, 6.07) is 0. The molecule has 2 heterocycles. The molecule has 2 aliphatic heterocycles. The first kappa shape index (κ1) is 12.2. The Morgan fingerprint density at radius 3 is 2.19 bits per heavy atom. The summed E-state index contributed by atoms with van der Waals surface area (Å²) in [6.45, 7) is 2.85. The molecule has 0 unspecified atom stereocenters. The normalized spacial score (nSPS) is 28.6. The Morgan fingerprint density at radius 2 is 1.81 bits per heavy atom. The summed E-state index contributed by atoms with van der Waals surface area (Å²) < 4.78 is 51.7.